The number of anilines is 1. The van der Waals surface area contributed by atoms with Crippen molar-refractivity contribution >= 4 is 34.2 Å². The van der Waals surface area contributed by atoms with Gasteiger partial charge in [-0.25, -0.2) is 9.97 Å². The van der Waals surface area contributed by atoms with Crippen LogP contribution in [0.25, 0.3) is 21.6 Å². The lowest BCUT2D eigenvalue weighted by molar-refractivity contribution is 0.0771. The molecule has 2 aromatic carbocycles. The van der Waals surface area contributed by atoms with Gasteiger partial charge in [-0.05, 0) is 43.7 Å². The Labute approximate surface area is 202 Å². The number of benzene rings is 2. The predicted molar refractivity (Wildman–Crippen MR) is 134 cm³/mol. The molecule has 5 rings (SSSR count). The molecule has 8 nitrogen and oxygen atoms in total. The van der Waals surface area contributed by atoms with Gasteiger partial charge in [-0.15, -0.1) is 11.3 Å². The molecular formula is C25H27N5O3S. The Morgan fingerprint density at radius 2 is 1.82 bits per heavy atom. The second-order valence-electron chi connectivity index (χ2n) is 8.21. The second kappa shape index (κ2) is 9.34. The van der Waals surface area contributed by atoms with E-state index in [1.54, 1.807) is 14.2 Å². The molecule has 34 heavy (non-hydrogen) atoms. The molecule has 0 bridgehead atoms. The number of thiazole rings is 1. The summed E-state index contributed by atoms with van der Waals surface area (Å²) in [6.45, 7) is 4.82. The third-order valence-corrected chi connectivity index (χ3v) is 7.28. The van der Waals surface area contributed by atoms with Crippen molar-refractivity contribution in [3.8, 4) is 22.1 Å². The smallest absolute Gasteiger partial charge is 0.265 e. The number of nitrogens with zero attached hydrogens (tertiary/aromatic N) is 4. The number of methoxy groups -OCH3 is 2. The van der Waals surface area contributed by atoms with Gasteiger partial charge in [-0.2, -0.15) is 0 Å². The van der Waals surface area contributed by atoms with Crippen LogP contribution in [-0.2, 0) is 0 Å². The van der Waals surface area contributed by atoms with Crippen LogP contribution in [0, 0.1) is 6.92 Å². The van der Waals surface area contributed by atoms with Crippen molar-refractivity contribution in [1.29, 1.82) is 0 Å². The predicted octanol–water partition coefficient (Wildman–Crippen LogP) is 4.36. The van der Waals surface area contributed by atoms with Crippen molar-refractivity contribution in [2.45, 2.75) is 13.3 Å². The highest BCUT2D eigenvalue weighted by atomic mass is 32.1. The SMILES string of the molecule is COc1ccc(-c2nc(C)c(C(=O)N3CCCN(c4nc5ccccc5[nH]4)CC3)s2)cc1OC. The van der Waals surface area contributed by atoms with Crippen LogP contribution < -0.4 is 14.4 Å². The number of nitrogens with one attached hydrogen (secondary N) is 1. The van der Waals surface area contributed by atoms with Crippen LogP contribution in [0.1, 0.15) is 21.8 Å². The van der Waals surface area contributed by atoms with E-state index >= 15 is 0 Å². The van der Waals surface area contributed by atoms with Gasteiger partial charge in [0.25, 0.3) is 5.91 Å². The summed E-state index contributed by atoms with van der Waals surface area (Å²) in [5.74, 6) is 2.20. The fraction of sp³-hybridized carbons (Fsp3) is 0.320. The lowest BCUT2D eigenvalue weighted by Gasteiger charge is -2.21. The average molecular weight is 478 g/mol. The molecule has 0 radical (unpaired) electrons. The second-order valence-corrected chi connectivity index (χ2v) is 9.21. The number of imidazole rings is 1. The first kappa shape index (κ1) is 22.2. The van der Waals surface area contributed by atoms with E-state index in [4.69, 9.17) is 14.5 Å². The van der Waals surface area contributed by atoms with Crippen LogP contribution in [0.15, 0.2) is 42.5 Å². The van der Waals surface area contributed by atoms with Gasteiger partial charge in [0.1, 0.15) is 9.88 Å². The summed E-state index contributed by atoms with van der Waals surface area (Å²) in [4.78, 5) is 31.1. The van der Waals surface area contributed by atoms with E-state index in [2.05, 4.69) is 14.9 Å². The number of aryl methyl sites for hydroxylation is 1. The fourth-order valence-corrected chi connectivity index (χ4v) is 5.28. The Bertz CT molecular complexity index is 1300. The first-order chi connectivity index (χ1) is 16.6. The summed E-state index contributed by atoms with van der Waals surface area (Å²) in [5, 5.41) is 0.792. The summed E-state index contributed by atoms with van der Waals surface area (Å²) in [6.07, 6.45) is 0.878. The fourth-order valence-electron chi connectivity index (χ4n) is 4.25. The molecule has 1 amide bonds. The molecule has 0 unspecified atom stereocenters. The van der Waals surface area contributed by atoms with Gasteiger partial charge < -0.3 is 24.3 Å². The van der Waals surface area contributed by atoms with Crippen LogP contribution in [0.4, 0.5) is 5.95 Å². The van der Waals surface area contributed by atoms with Gasteiger partial charge in [0.05, 0.1) is 30.9 Å². The van der Waals surface area contributed by atoms with Gasteiger partial charge >= 0.3 is 0 Å². The first-order valence-corrected chi connectivity index (χ1v) is 12.1. The summed E-state index contributed by atoms with van der Waals surface area (Å²) >= 11 is 1.42. The highest BCUT2D eigenvalue weighted by molar-refractivity contribution is 7.17. The van der Waals surface area contributed by atoms with E-state index in [0.717, 1.165) is 52.8 Å². The maximum atomic E-state index is 13.4. The molecule has 3 heterocycles. The van der Waals surface area contributed by atoms with Gasteiger partial charge in [0.2, 0.25) is 5.95 Å². The van der Waals surface area contributed by atoms with Crippen molar-refractivity contribution in [3.05, 3.63) is 53.0 Å². The normalized spacial score (nSPS) is 14.3. The summed E-state index contributed by atoms with van der Waals surface area (Å²) in [7, 11) is 3.22. The molecule has 1 aliphatic heterocycles. The Hall–Kier alpha value is -3.59. The van der Waals surface area contributed by atoms with E-state index < -0.39 is 0 Å². The number of rotatable bonds is 5. The number of aromatic nitrogens is 3. The summed E-state index contributed by atoms with van der Waals surface area (Å²) in [6, 6.07) is 13.7. The zero-order valence-electron chi connectivity index (χ0n) is 19.5. The molecular weight excluding hydrogens is 450 g/mol. The Morgan fingerprint density at radius 3 is 2.62 bits per heavy atom. The third-order valence-electron chi connectivity index (χ3n) is 6.08. The zero-order valence-corrected chi connectivity index (χ0v) is 20.3. The van der Waals surface area contributed by atoms with Crippen molar-refractivity contribution in [3.63, 3.8) is 0 Å². The Kier molecular flexibility index (Phi) is 6.10. The van der Waals surface area contributed by atoms with Gasteiger partial charge in [0, 0.05) is 31.7 Å². The van der Waals surface area contributed by atoms with Crippen LogP contribution in [0.2, 0.25) is 0 Å². The van der Waals surface area contributed by atoms with E-state index in [9.17, 15) is 4.79 Å². The number of para-hydroxylation sites is 2. The maximum Gasteiger partial charge on any atom is 0.265 e. The quantitative estimate of drug-likeness (QED) is 0.460. The molecule has 1 N–H and O–H groups in total. The molecule has 0 aliphatic carbocycles. The van der Waals surface area contributed by atoms with Gasteiger partial charge in [-0.3, -0.25) is 4.79 Å². The number of H-pyrrole nitrogens is 1. The third kappa shape index (κ3) is 4.19. The lowest BCUT2D eigenvalue weighted by Crippen LogP contribution is -2.35. The minimum Gasteiger partial charge on any atom is -0.493 e. The molecule has 176 valence electrons. The molecule has 1 saturated heterocycles. The first-order valence-electron chi connectivity index (χ1n) is 11.3. The van der Waals surface area contributed by atoms with E-state index in [1.807, 2.05) is 54.3 Å². The molecule has 9 heteroatoms. The minimum absolute atomic E-state index is 0.0354. The monoisotopic (exact) mass is 477 g/mol. The average Bonchev–Trinajstić information content (AvgIpc) is 3.38. The molecule has 0 saturated carbocycles. The van der Waals surface area contributed by atoms with E-state index in [0.29, 0.717) is 29.5 Å². The van der Waals surface area contributed by atoms with E-state index in [1.165, 1.54) is 11.3 Å². The van der Waals surface area contributed by atoms with Crippen LogP contribution in [-0.4, -0.2) is 66.2 Å². The van der Waals surface area contributed by atoms with Crippen molar-refractivity contribution in [2.24, 2.45) is 0 Å². The number of hydrogen-bond acceptors (Lipinski definition) is 7. The number of carbonyl (C=O) groups is 1. The lowest BCUT2D eigenvalue weighted by atomic mass is 10.2. The summed E-state index contributed by atoms with van der Waals surface area (Å²) in [5.41, 5.74) is 3.63. The highest BCUT2D eigenvalue weighted by Crippen LogP contribution is 2.35. The summed E-state index contributed by atoms with van der Waals surface area (Å²) < 4.78 is 10.8. The highest BCUT2D eigenvalue weighted by Gasteiger charge is 2.25. The molecule has 1 aliphatic rings. The largest absolute Gasteiger partial charge is 0.493 e. The molecule has 2 aromatic heterocycles. The molecule has 0 atom stereocenters. The van der Waals surface area contributed by atoms with Gasteiger partial charge in [-0.1, -0.05) is 12.1 Å². The standard InChI is InChI=1S/C25H27N5O3S/c1-16-22(34-23(26-16)17-9-10-20(32-2)21(15-17)33-3)24(31)29-11-6-12-30(14-13-29)25-27-18-7-4-5-8-19(18)28-25/h4-5,7-10,15H,6,11-14H2,1-3H3,(H,27,28). The number of carbonyl (C=O) groups excluding carboxylic acids is 1. The van der Waals surface area contributed by atoms with Crippen molar-refractivity contribution in [2.75, 3.05) is 45.3 Å². The van der Waals surface area contributed by atoms with Crippen LogP contribution in [0.3, 0.4) is 0 Å². The van der Waals surface area contributed by atoms with Crippen LogP contribution in [0.5, 0.6) is 11.5 Å². The topological polar surface area (TPSA) is 83.6 Å². The number of aromatic amines is 1. The Morgan fingerprint density at radius 1 is 1.00 bits per heavy atom. The number of amides is 1. The Balaban J connectivity index is 1.32. The minimum atomic E-state index is 0.0354. The number of hydrogen-bond donors (Lipinski definition) is 1. The zero-order chi connectivity index (χ0) is 23.7. The molecule has 0 spiro atoms. The molecule has 1 fully saturated rings. The van der Waals surface area contributed by atoms with Crippen molar-refractivity contribution < 1.29 is 14.3 Å². The molecule has 4 aromatic rings. The number of ether oxygens (including phenoxy) is 2. The number of fused-ring (bicyclic) bond motifs is 1. The van der Waals surface area contributed by atoms with Crippen molar-refractivity contribution in [1.82, 2.24) is 19.9 Å². The van der Waals surface area contributed by atoms with E-state index in [-0.39, 0.29) is 5.91 Å². The maximum absolute atomic E-state index is 13.4. The van der Waals surface area contributed by atoms with Crippen LogP contribution >= 0.6 is 11.3 Å². The van der Waals surface area contributed by atoms with Gasteiger partial charge in [0.15, 0.2) is 11.5 Å².